The van der Waals surface area contributed by atoms with E-state index < -0.39 is 38.3 Å². The largest absolute Gasteiger partial charge is 0.475 e. The van der Waals surface area contributed by atoms with E-state index in [1.165, 1.54) is 0 Å². The van der Waals surface area contributed by atoms with Crippen molar-refractivity contribution >= 4 is 37.6 Å². The zero-order chi connectivity index (χ0) is 15.8. The van der Waals surface area contributed by atoms with E-state index >= 15 is 0 Å². The number of nitrogens with one attached hydrogen (secondary N) is 1. The lowest BCUT2D eigenvalue weighted by Crippen LogP contribution is -2.13. The first-order valence-corrected chi connectivity index (χ1v) is 7.49. The second kappa shape index (κ2) is 5.45. The number of anilines is 1. The van der Waals surface area contributed by atoms with Crippen LogP contribution in [0.5, 0.6) is 0 Å². The molecule has 0 saturated heterocycles. The Morgan fingerprint density at radius 3 is 2.43 bits per heavy atom. The highest BCUT2D eigenvalue weighted by atomic mass is 79.9. The minimum absolute atomic E-state index is 0.223. The summed E-state index contributed by atoms with van der Waals surface area (Å²) in [5.74, 6) is -4.40. The Balaban J connectivity index is 2.38. The monoisotopic (exact) mass is 381 g/mol. The Kier molecular flexibility index (Phi) is 4.01. The van der Waals surface area contributed by atoms with E-state index in [0.717, 1.165) is 18.2 Å². The summed E-state index contributed by atoms with van der Waals surface area (Å²) in [4.78, 5) is 10.2. The summed E-state index contributed by atoms with van der Waals surface area (Å²) in [5.41, 5.74) is -0.223. The maximum Gasteiger partial charge on any atom is 0.371 e. The molecule has 2 rings (SSSR count). The Morgan fingerprint density at radius 1 is 1.24 bits per heavy atom. The van der Waals surface area contributed by atoms with Crippen molar-refractivity contribution in [1.82, 2.24) is 0 Å². The van der Waals surface area contributed by atoms with Crippen molar-refractivity contribution < 1.29 is 31.5 Å². The number of furan rings is 1. The summed E-state index contributed by atoms with van der Waals surface area (Å²) in [6.07, 6.45) is 0. The molecule has 6 nitrogen and oxygen atoms in total. The third-order valence-electron chi connectivity index (χ3n) is 2.33. The lowest BCUT2D eigenvalue weighted by atomic mass is 10.3. The van der Waals surface area contributed by atoms with Gasteiger partial charge in [0, 0.05) is 12.1 Å². The molecule has 1 heterocycles. The van der Waals surface area contributed by atoms with Gasteiger partial charge in [-0.05, 0) is 28.1 Å². The summed E-state index contributed by atoms with van der Waals surface area (Å²) >= 11 is 2.78. The van der Waals surface area contributed by atoms with Crippen LogP contribution < -0.4 is 4.72 Å². The molecule has 0 spiro atoms. The molecule has 0 fully saturated rings. The van der Waals surface area contributed by atoms with Crippen LogP contribution in [0.2, 0.25) is 0 Å². The van der Waals surface area contributed by atoms with Crippen molar-refractivity contribution in [2.24, 2.45) is 0 Å². The molecule has 21 heavy (non-hydrogen) atoms. The second-order valence-electron chi connectivity index (χ2n) is 3.79. The van der Waals surface area contributed by atoms with Crippen LogP contribution in [-0.2, 0) is 10.0 Å². The standard InChI is InChI=1S/C11H6BrF2NO5S/c12-10-9(4-8(20-10)11(16)17)21(18,19)15-5-1-2-6(13)7(14)3-5/h1-4,15H,(H,16,17). The van der Waals surface area contributed by atoms with E-state index in [1.807, 2.05) is 4.72 Å². The summed E-state index contributed by atoms with van der Waals surface area (Å²) in [6.45, 7) is 0. The number of hydrogen-bond acceptors (Lipinski definition) is 4. The van der Waals surface area contributed by atoms with Crippen molar-refractivity contribution in [1.29, 1.82) is 0 Å². The third-order valence-corrected chi connectivity index (χ3v) is 4.57. The second-order valence-corrected chi connectivity index (χ2v) is 6.16. The zero-order valence-electron chi connectivity index (χ0n) is 9.93. The smallest absolute Gasteiger partial charge is 0.371 e. The van der Waals surface area contributed by atoms with Gasteiger partial charge in [0.2, 0.25) is 5.76 Å². The van der Waals surface area contributed by atoms with Gasteiger partial charge in [-0.25, -0.2) is 22.0 Å². The number of sulfonamides is 1. The van der Waals surface area contributed by atoms with Crippen LogP contribution in [-0.4, -0.2) is 19.5 Å². The fraction of sp³-hybridized carbons (Fsp3) is 0. The average molecular weight is 382 g/mol. The first-order valence-electron chi connectivity index (χ1n) is 5.21. The fourth-order valence-electron chi connectivity index (χ4n) is 1.41. The van der Waals surface area contributed by atoms with Crippen LogP contribution >= 0.6 is 15.9 Å². The van der Waals surface area contributed by atoms with Crippen LogP contribution in [0.4, 0.5) is 14.5 Å². The number of rotatable bonds is 4. The van der Waals surface area contributed by atoms with Gasteiger partial charge in [0.25, 0.3) is 10.0 Å². The van der Waals surface area contributed by atoms with E-state index in [-0.39, 0.29) is 10.4 Å². The van der Waals surface area contributed by atoms with Crippen LogP contribution in [0.25, 0.3) is 0 Å². The molecule has 0 aliphatic heterocycles. The highest BCUT2D eigenvalue weighted by Crippen LogP contribution is 2.28. The molecule has 0 saturated carbocycles. The van der Waals surface area contributed by atoms with Crippen molar-refractivity contribution in [2.45, 2.75) is 4.90 Å². The van der Waals surface area contributed by atoms with Gasteiger partial charge in [-0.1, -0.05) is 0 Å². The van der Waals surface area contributed by atoms with Gasteiger partial charge in [0.1, 0.15) is 4.90 Å². The quantitative estimate of drug-likeness (QED) is 0.848. The molecule has 2 N–H and O–H groups in total. The number of hydrogen-bond donors (Lipinski definition) is 2. The maximum atomic E-state index is 13.0. The van der Waals surface area contributed by atoms with Gasteiger partial charge >= 0.3 is 5.97 Å². The van der Waals surface area contributed by atoms with E-state index in [4.69, 9.17) is 9.52 Å². The Hall–Kier alpha value is -1.94. The maximum absolute atomic E-state index is 13.0. The predicted molar refractivity (Wildman–Crippen MR) is 70.5 cm³/mol. The van der Waals surface area contributed by atoms with Gasteiger partial charge in [-0.15, -0.1) is 0 Å². The van der Waals surface area contributed by atoms with Gasteiger partial charge in [0.15, 0.2) is 16.3 Å². The van der Waals surface area contributed by atoms with Crippen LogP contribution in [0, 0.1) is 11.6 Å². The minimum atomic E-state index is -4.23. The Morgan fingerprint density at radius 2 is 1.90 bits per heavy atom. The molecule has 10 heteroatoms. The number of carboxylic acid groups (broad SMARTS) is 1. The highest BCUT2D eigenvalue weighted by Gasteiger charge is 2.25. The lowest BCUT2D eigenvalue weighted by Gasteiger charge is -2.06. The van der Waals surface area contributed by atoms with Crippen molar-refractivity contribution in [3.05, 3.63) is 46.3 Å². The molecule has 0 atom stereocenters. The Labute approximate surface area is 125 Å². The first-order chi connectivity index (χ1) is 9.70. The van der Waals surface area contributed by atoms with Crippen molar-refractivity contribution in [3.8, 4) is 0 Å². The number of aromatic carboxylic acids is 1. The molecule has 0 unspecified atom stereocenters. The lowest BCUT2D eigenvalue weighted by molar-refractivity contribution is 0.0661. The molecular weight excluding hydrogens is 376 g/mol. The summed E-state index contributed by atoms with van der Waals surface area (Å²) in [7, 11) is -4.23. The van der Waals surface area contributed by atoms with Crippen molar-refractivity contribution in [2.75, 3.05) is 4.72 Å². The molecule has 112 valence electrons. The summed E-state index contributed by atoms with van der Waals surface area (Å²) < 4.78 is 56.3. The summed E-state index contributed by atoms with van der Waals surface area (Å²) in [6, 6.07) is 3.20. The molecule has 1 aromatic heterocycles. The highest BCUT2D eigenvalue weighted by molar-refractivity contribution is 9.10. The average Bonchev–Trinajstić information content (AvgIpc) is 2.77. The molecule has 1 aromatic carbocycles. The first kappa shape index (κ1) is 15.4. The Bertz CT molecular complexity index is 818. The number of halogens is 3. The topological polar surface area (TPSA) is 96.6 Å². The van der Waals surface area contributed by atoms with Gasteiger partial charge in [-0.2, -0.15) is 0 Å². The number of carbonyl (C=O) groups is 1. The molecule has 0 aliphatic carbocycles. The summed E-state index contributed by atoms with van der Waals surface area (Å²) in [5, 5.41) is 8.72. The molecule has 0 aliphatic rings. The SMILES string of the molecule is O=C(O)c1cc(S(=O)(=O)Nc2ccc(F)c(F)c2)c(Br)o1. The van der Waals surface area contributed by atoms with E-state index in [2.05, 4.69) is 15.9 Å². The van der Waals surface area contributed by atoms with Crippen molar-refractivity contribution in [3.63, 3.8) is 0 Å². The van der Waals surface area contributed by atoms with Gasteiger partial charge < -0.3 is 9.52 Å². The van der Waals surface area contributed by atoms with E-state index in [0.29, 0.717) is 6.07 Å². The number of benzene rings is 1. The molecule has 0 radical (unpaired) electrons. The minimum Gasteiger partial charge on any atom is -0.475 e. The fourth-order valence-corrected chi connectivity index (χ4v) is 3.40. The molecule has 2 aromatic rings. The van der Waals surface area contributed by atoms with E-state index in [9.17, 15) is 22.0 Å². The molecule has 0 amide bonds. The van der Waals surface area contributed by atoms with Gasteiger partial charge in [-0.3, -0.25) is 4.72 Å². The van der Waals surface area contributed by atoms with Gasteiger partial charge in [0.05, 0.1) is 5.69 Å². The predicted octanol–water partition coefficient (Wildman–Crippen LogP) is 2.82. The zero-order valence-corrected chi connectivity index (χ0v) is 12.3. The number of carboxylic acids is 1. The van der Waals surface area contributed by atoms with Crippen LogP contribution in [0.15, 0.2) is 38.2 Å². The molecule has 0 bridgehead atoms. The van der Waals surface area contributed by atoms with Crippen LogP contribution in [0.3, 0.4) is 0 Å². The molecular formula is C11H6BrF2NO5S. The van der Waals surface area contributed by atoms with Crippen LogP contribution in [0.1, 0.15) is 10.6 Å². The van der Waals surface area contributed by atoms with E-state index in [1.54, 1.807) is 0 Å². The third kappa shape index (κ3) is 3.22. The normalized spacial score (nSPS) is 11.4.